The van der Waals surface area contributed by atoms with Crippen LogP contribution in [-0.4, -0.2) is 19.3 Å². The Labute approximate surface area is 185 Å². The number of carbonyl (C=O) groups is 1. The monoisotopic (exact) mass is 451 g/mol. The first kappa shape index (κ1) is 21.2. The van der Waals surface area contributed by atoms with Crippen molar-refractivity contribution in [2.75, 3.05) is 0 Å². The van der Waals surface area contributed by atoms with Crippen molar-refractivity contribution in [2.24, 2.45) is 0 Å². The van der Waals surface area contributed by atoms with E-state index in [9.17, 15) is 13.2 Å². The van der Waals surface area contributed by atoms with E-state index in [2.05, 4.69) is 15.0 Å². The number of para-hydroxylation sites is 1. The first-order chi connectivity index (χ1) is 14.9. The summed E-state index contributed by atoms with van der Waals surface area (Å²) in [5.74, 6) is -0.348. The molecule has 4 aromatic rings. The van der Waals surface area contributed by atoms with Crippen molar-refractivity contribution in [3.8, 4) is 0 Å². The molecule has 0 aliphatic heterocycles. The van der Waals surface area contributed by atoms with Gasteiger partial charge < -0.3 is 5.32 Å². The van der Waals surface area contributed by atoms with Gasteiger partial charge in [0.1, 0.15) is 5.01 Å². The molecule has 0 aliphatic rings. The van der Waals surface area contributed by atoms with Gasteiger partial charge in [-0.05, 0) is 42.3 Å². The van der Waals surface area contributed by atoms with Gasteiger partial charge >= 0.3 is 0 Å². The highest BCUT2D eigenvalue weighted by atomic mass is 32.2. The van der Waals surface area contributed by atoms with Crippen molar-refractivity contribution >= 4 is 37.5 Å². The van der Waals surface area contributed by atoms with E-state index in [-0.39, 0.29) is 29.5 Å². The molecule has 0 saturated carbocycles. The zero-order valence-corrected chi connectivity index (χ0v) is 18.5. The molecule has 0 spiro atoms. The summed E-state index contributed by atoms with van der Waals surface area (Å²) in [5.41, 5.74) is 2.61. The summed E-state index contributed by atoms with van der Waals surface area (Å²) in [6.07, 6.45) is 0. The number of fused-ring (bicyclic) bond motifs is 1. The molecule has 0 saturated heterocycles. The van der Waals surface area contributed by atoms with Gasteiger partial charge in [-0.2, -0.15) is 0 Å². The predicted molar refractivity (Wildman–Crippen MR) is 122 cm³/mol. The Hall–Kier alpha value is -3.07. The third-order valence-corrected chi connectivity index (χ3v) is 7.37. The molecule has 0 bridgehead atoms. The molecule has 8 heteroatoms. The topological polar surface area (TPSA) is 88.2 Å². The van der Waals surface area contributed by atoms with Gasteiger partial charge in [0, 0.05) is 12.1 Å². The quantitative estimate of drug-likeness (QED) is 0.444. The summed E-state index contributed by atoms with van der Waals surface area (Å²) in [7, 11) is -3.77. The van der Waals surface area contributed by atoms with Crippen LogP contribution in [0.3, 0.4) is 0 Å². The molecule has 2 N–H and O–H groups in total. The highest BCUT2D eigenvalue weighted by molar-refractivity contribution is 7.89. The Morgan fingerprint density at radius 2 is 1.71 bits per heavy atom. The van der Waals surface area contributed by atoms with Crippen LogP contribution in [0.5, 0.6) is 0 Å². The van der Waals surface area contributed by atoms with Gasteiger partial charge in [0.2, 0.25) is 10.0 Å². The molecule has 0 unspecified atom stereocenters. The summed E-state index contributed by atoms with van der Waals surface area (Å²) in [4.78, 5) is 17.2. The van der Waals surface area contributed by atoms with Gasteiger partial charge in [0.25, 0.3) is 5.91 Å². The zero-order valence-electron chi connectivity index (χ0n) is 16.8. The van der Waals surface area contributed by atoms with Crippen molar-refractivity contribution in [2.45, 2.75) is 24.9 Å². The number of sulfonamides is 1. The Morgan fingerprint density at radius 3 is 2.48 bits per heavy atom. The van der Waals surface area contributed by atoms with Crippen LogP contribution in [0.4, 0.5) is 0 Å². The third-order valence-electron chi connectivity index (χ3n) is 4.79. The minimum absolute atomic E-state index is 0.0936. The van der Waals surface area contributed by atoms with E-state index >= 15 is 0 Å². The number of hydrogen-bond acceptors (Lipinski definition) is 5. The first-order valence-electron chi connectivity index (χ1n) is 9.69. The maximum Gasteiger partial charge on any atom is 0.251 e. The van der Waals surface area contributed by atoms with Gasteiger partial charge in [0.15, 0.2) is 0 Å². The van der Waals surface area contributed by atoms with Crippen molar-refractivity contribution < 1.29 is 13.2 Å². The van der Waals surface area contributed by atoms with E-state index in [0.717, 1.165) is 20.8 Å². The van der Waals surface area contributed by atoms with Gasteiger partial charge in [-0.3, -0.25) is 4.79 Å². The van der Waals surface area contributed by atoms with E-state index < -0.39 is 10.0 Å². The lowest BCUT2D eigenvalue weighted by atomic mass is 10.1. The fourth-order valence-electron chi connectivity index (χ4n) is 3.14. The average molecular weight is 452 g/mol. The lowest BCUT2D eigenvalue weighted by Gasteiger charge is -2.11. The molecular weight excluding hydrogens is 430 g/mol. The van der Waals surface area contributed by atoms with E-state index in [0.29, 0.717) is 5.56 Å². The molecule has 6 nitrogen and oxygen atoms in total. The van der Waals surface area contributed by atoms with Gasteiger partial charge in [-0.25, -0.2) is 18.1 Å². The molecule has 1 amide bonds. The molecule has 158 valence electrons. The van der Waals surface area contributed by atoms with Crippen molar-refractivity contribution in [1.82, 2.24) is 15.0 Å². The van der Waals surface area contributed by atoms with Crippen LogP contribution in [-0.2, 0) is 23.1 Å². The highest BCUT2D eigenvalue weighted by Gasteiger charge is 2.19. The van der Waals surface area contributed by atoms with Crippen LogP contribution in [0, 0.1) is 6.92 Å². The third kappa shape index (κ3) is 4.99. The lowest BCUT2D eigenvalue weighted by molar-refractivity contribution is 0.0950. The number of carbonyl (C=O) groups excluding carboxylic acids is 1. The SMILES string of the molecule is Cc1ccc(C(=O)NCc2nc3ccccc3s2)cc1S(=O)(=O)NCc1ccccc1. The second-order valence-electron chi connectivity index (χ2n) is 7.05. The second-order valence-corrected chi connectivity index (χ2v) is 9.90. The Bertz CT molecular complexity index is 1300. The van der Waals surface area contributed by atoms with Crippen LogP contribution in [0.1, 0.15) is 26.5 Å². The largest absolute Gasteiger partial charge is 0.346 e. The number of nitrogens with one attached hydrogen (secondary N) is 2. The van der Waals surface area contributed by atoms with Crippen LogP contribution >= 0.6 is 11.3 Å². The summed E-state index contributed by atoms with van der Waals surface area (Å²) in [5, 5.41) is 3.62. The molecule has 1 heterocycles. The average Bonchev–Trinajstić information content (AvgIpc) is 3.20. The number of aryl methyl sites for hydroxylation is 1. The second kappa shape index (κ2) is 8.97. The fourth-order valence-corrected chi connectivity index (χ4v) is 5.33. The summed E-state index contributed by atoms with van der Waals surface area (Å²) >= 11 is 1.52. The number of thiazole rings is 1. The van der Waals surface area contributed by atoms with Crippen molar-refractivity contribution in [3.05, 3.63) is 94.5 Å². The molecule has 4 rings (SSSR count). The smallest absolute Gasteiger partial charge is 0.251 e. The van der Waals surface area contributed by atoms with Gasteiger partial charge in [0.05, 0.1) is 21.7 Å². The maximum absolute atomic E-state index is 12.8. The van der Waals surface area contributed by atoms with Crippen molar-refractivity contribution in [1.29, 1.82) is 0 Å². The Balaban J connectivity index is 1.47. The minimum Gasteiger partial charge on any atom is -0.346 e. The van der Waals surface area contributed by atoms with Crippen LogP contribution in [0.15, 0.2) is 77.7 Å². The van der Waals surface area contributed by atoms with Crippen molar-refractivity contribution in [3.63, 3.8) is 0 Å². The van der Waals surface area contributed by atoms with E-state index in [1.165, 1.54) is 17.4 Å². The van der Waals surface area contributed by atoms with Gasteiger partial charge in [-0.15, -0.1) is 11.3 Å². The zero-order chi connectivity index (χ0) is 21.8. The fraction of sp³-hybridized carbons (Fsp3) is 0.130. The maximum atomic E-state index is 12.8. The molecule has 0 radical (unpaired) electrons. The standard InChI is InChI=1S/C23H21N3O3S2/c1-16-11-12-18(13-21(16)31(28,29)25-14-17-7-3-2-4-8-17)23(27)24-15-22-26-19-9-5-6-10-20(19)30-22/h2-13,25H,14-15H2,1H3,(H,24,27). The molecule has 1 aromatic heterocycles. The number of benzene rings is 3. The normalized spacial score (nSPS) is 11.5. The van der Waals surface area contributed by atoms with Crippen LogP contribution in [0.25, 0.3) is 10.2 Å². The molecule has 0 aliphatic carbocycles. The number of aromatic nitrogens is 1. The number of amides is 1. The molecule has 3 aromatic carbocycles. The van der Waals surface area contributed by atoms with Gasteiger partial charge in [-0.1, -0.05) is 48.5 Å². The molecular formula is C23H21N3O3S2. The Kier molecular flexibility index (Phi) is 6.13. The number of nitrogens with zero attached hydrogens (tertiary/aromatic N) is 1. The van der Waals surface area contributed by atoms with E-state index in [4.69, 9.17) is 0 Å². The van der Waals surface area contributed by atoms with E-state index in [1.807, 2.05) is 54.6 Å². The summed E-state index contributed by atoms with van der Waals surface area (Å²) in [6.45, 7) is 2.16. The molecule has 0 atom stereocenters. The molecule has 31 heavy (non-hydrogen) atoms. The van der Waals surface area contributed by atoms with E-state index in [1.54, 1.807) is 19.1 Å². The Morgan fingerprint density at radius 1 is 0.968 bits per heavy atom. The predicted octanol–water partition coefficient (Wildman–Crippen LogP) is 4.01. The first-order valence-corrected chi connectivity index (χ1v) is 12.0. The lowest BCUT2D eigenvalue weighted by Crippen LogP contribution is -2.26. The number of rotatable bonds is 7. The van der Waals surface area contributed by atoms with Crippen LogP contribution < -0.4 is 10.0 Å². The summed E-state index contributed by atoms with van der Waals surface area (Å²) < 4.78 is 29.3. The number of hydrogen-bond donors (Lipinski definition) is 2. The van der Waals surface area contributed by atoms with Crippen LogP contribution in [0.2, 0.25) is 0 Å². The minimum atomic E-state index is -3.77. The highest BCUT2D eigenvalue weighted by Crippen LogP contribution is 2.22. The summed E-state index contributed by atoms with van der Waals surface area (Å²) in [6, 6.07) is 21.7. The molecule has 0 fully saturated rings.